The van der Waals surface area contributed by atoms with Gasteiger partial charge in [0.15, 0.2) is 0 Å². The van der Waals surface area contributed by atoms with Gasteiger partial charge in [0, 0.05) is 11.7 Å². The zero-order chi connectivity index (χ0) is 16.1. The van der Waals surface area contributed by atoms with Crippen molar-refractivity contribution in [3.05, 3.63) is 54.6 Å². The molecule has 0 aromatic heterocycles. The van der Waals surface area contributed by atoms with Crippen molar-refractivity contribution in [2.24, 2.45) is 4.99 Å². The second-order valence-electron chi connectivity index (χ2n) is 5.59. The van der Waals surface area contributed by atoms with Gasteiger partial charge >= 0.3 is 0 Å². The molecule has 0 spiro atoms. The number of benzene rings is 2. The number of anilines is 3. The van der Waals surface area contributed by atoms with E-state index < -0.39 is 0 Å². The van der Waals surface area contributed by atoms with Crippen LogP contribution in [-0.4, -0.2) is 36.3 Å². The normalized spacial score (nSPS) is 15.7. The van der Waals surface area contributed by atoms with Gasteiger partial charge in [0.25, 0.3) is 0 Å². The third-order valence-corrected chi connectivity index (χ3v) is 3.75. The van der Waals surface area contributed by atoms with E-state index in [2.05, 4.69) is 22.5 Å². The summed E-state index contributed by atoms with van der Waals surface area (Å²) >= 11 is 0. The fraction of sp³-hybridized carbons (Fsp3) is 0.222. The summed E-state index contributed by atoms with van der Waals surface area (Å²) in [6, 6.07) is 17.8. The van der Waals surface area contributed by atoms with Crippen molar-refractivity contribution >= 4 is 41.7 Å². The third-order valence-electron chi connectivity index (χ3n) is 3.75. The van der Waals surface area contributed by atoms with Gasteiger partial charge in [-0.25, -0.2) is 0 Å². The molecule has 1 aliphatic heterocycles. The van der Waals surface area contributed by atoms with Gasteiger partial charge in [-0.1, -0.05) is 30.3 Å². The van der Waals surface area contributed by atoms with Crippen molar-refractivity contribution in [2.45, 2.75) is 13.0 Å². The Morgan fingerprint density at radius 3 is 2.46 bits per heavy atom. The monoisotopic (exact) mass is 344 g/mol. The molecule has 0 fully saturated rings. The summed E-state index contributed by atoms with van der Waals surface area (Å²) in [5, 5.41) is 6.30. The standard InChI is InChI=1S/C18H20N4O.ClH/c1-14-11-19-13-22(14)12-18(23)21-17-10-6-5-9-16(17)20-15-7-3-2-4-8-15;/h2-10,13-14,20H,11-12H2,1H3,(H,21,23);1H. The van der Waals surface area contributed by atoms with Crippen molar-refractivity contribution < 1.29 is 4.79 Å². The first kappa shape index (κ1) is 17.8. The number of para-hydroxylation sites is 3. The average molecular weight is 345 g/mol. The Morgan fingerprint density at radius 1 is 1.12 bits per heavy atom. The maximum absolute atomic E-state index is 12.3. The summed E-state index contributed by atoms with van der Waals surface area (Å²) in [4.78, 5) is 18.4. The van der Waals surface area contributed by atoms with Crippen LogP contribution in [0.2, 0.25) is 0 Å². The van der Waals surface area contributed by atoms with Gasteiger partial charge in [-0.15, -0.1) is 12.4 Å². The van der Waals surface area contributed by atoms with Crippen LogP contribution in [0.4, 0.5) is 17.1 Å². The number of amides is 1. The van der Waals surface area contributed by atoms with Crippen LogP contribution in [0.5, 0.6) is 0 Å². The zero-order valence-corrected chi connectivity index (χ0v) is 14.3. The van der Waals surface area contributed by atoms with Crippen molar-refractivity contribution in [2.75, 3.05) is 23.7 Å². The van der Waals surface area contributed by atoms with Crippen LogP contribution in [0, 0.1) is 0 Å². The first-order chi connectivity index (χ1) is 11.2. The number of hydrogen-bond donors (Lipinski definition) is 2. The highest BCUT2D eigenvalue weighted by molar-refractivity contribution is 5.96. The summed E-state index contributed by atoms with van der Waals surface area (Å²) in [5.41, 5.74) is 2.62. The molecule has 2 aromatic carbocycles. The number of carbonyl (C=O) groups is 1. The van der Waals surface area contributed by atoms with Gasteiger partial charge in [-0.3, -0.25) is 9.79 Å². The van der Waals surface area contributed by atoms with Crippen molar-refractivity contribution in [1.29, 1.82) is 0 Å². The van der Waals surface area contributed by atoms with E-state index in [0.717, 1.165) is 23.6 Å². The van der Waals surface area contributed by atoms with E-state index in [0.29, 0.717) is 6.54 Å². The molecule has 0 bridgehead atoms. The van der Waals surface area contributed by atoms with E-state index in [1.165, 1.54) is 0 Å². The Labute approximate surface area is 148 Å². The van der Waals surface area contributed by atoms with Crippen LogP contribution in [0.15, 0.2) is 59.6 Å². The number of hydrogen-bond acceptors (Lipinski definition) is 4. The minimum absolute atomic E-state index is 0. The average Bonchev–Trinajstić information content (AvgIpc) is 2.95. The molecule has 3 rings (SSSR count). The number of aliphatic imine (C=N–C) groups is 1. The van der Waals surface area contributed by atoms with Crippen LogP contribution < -0.4 is 10.6 Å². The lowest BCUT2D eigenvalue weighted by atomic mass is 10.2. The lowest BCUT2D eigenvalue weighted by Gasteiger charge is -2.20. The first-order valence-corrected chi connectivity index (χ1v) is 7.69. The van der Waals surface area contributed by atoms with Gasteiger partial charge in [0.2, 0.25) is 5.91 Å². The van der Waals surface area contributed by atoms with E-state index in [1.807, 2.05) is 59.5 Å². The Balaban J connectivity index is 0.00000208. The Morgan fingerprint density at radius 2 is 1.79 bits per heavy atom. The predicted molar refractivity (Wildman–Crippen MR) is 102 cm³/mol. The predicted octanol–water partition coefficient (Wildman–Crippen LogP) is 3.52. The molecule has 0 saturated heterocycles. The van der Waals surface area contributed by atoms with E-state index in [1.54, 1.807) is 6.34 Å². The fourth-order valence-corrected chi connectivity index (χ4v) is 2.45. The molecule has 1 atom stereocenters. The largest absolute Gasteiger partial charge is 0.354 e. The summed E-state index contributed by atoms with van der Waals surface area (Å²) in [6.07, 6.45) is 1.75. The van der Waals surface area contributed by atoms with E-state index in [-0.39, 0.29) is 24.4 Å². The molecule has 1 aliphatic rings. The third kappa shape index (κ3) is 4.49. The Kier molecular flexibility index (Phi) is 6.21. The van der Waals surface area contributed by atoms with Gasteiger partial charge in [0.1, 0.15) is 0 Å². The van der Waals surface area contributed by atoms with Gasteiger partial charge in [-0.05, 0) is 31.2 Å². The highest BCUT2D eigenvalue weighted by Gasteiger charge is 2.18. The van der Waals surface area contributed by atoms with Crippen LogP contribution in [0.3, 0.4) is 0 Å². The maximum Gasteiger partial charge on any atom is 0.243 e. The second-order valence-corrected chi connectivity index (χ2v) is 5.59. The van der Waals surface area contributed by atoms with Crippen molar-refractivity contribution in [1.82, 2.24) is 4.90 Å². The molecule has 1 heterocycles. The molecule has 1 unspecified atom stereocenters. The summed E-state index contributed by atoms with van der Waals surface area (Å²) in [6.45, 7) is 3.12. The molecular weight excluding hydrogens is 324 g/mol. The molecule has 2 N–H and O–H groups in total. The van der Waals surface area contributed by atoms with Crippen LogP contribution in [0.1, 0.15) is 6.92 Å². The molecule has 6 heteroatoms. The first-order valence-electron chi connectivity index (χ1n) is 7.69. The molecule has 5 nitrogen and oxygen atoms in total. The molecule has 24 heavy (non-hydrogen) atoms. The van der Waals surface area contributed by atoms with Gasteiger partial charge < -0.3 is 15.5 Å². The van der Waals surface area contributed by atoms with E-state index in [9.17, 15) is 4.79 Å². The lowest BCUT2D eigenvalue weighted by Crippen LogP contribution is -2.36. The van der Waals surface area contributed by atoms with Gasteiger partial charge in [0.05, 0.1) is 30.8 Å². The highest BCUT2D eigenvalue weighted by Crippen LogP contribution is 2.25. The summed E-state index contributed by atoms with van der Waals surface area (Å²) < 4.78 is 0. The number of carbonyl (C=O) groups excluding carboxylic acids is 1. The molecule has 0 aliphatic carbocycles. The smallest absolute Gasteiger partial charge is 0.243 e. The molecule has 2 aromatic rings. The lowest BCUT2D eigenvalue weighted by molar-refractivity contribution is -0.116. The minimum atomic E-state index is -0.0486. The molecule has 1 amide bonds. The number of rotatable bonds is 5. The maximum atomic E-state index is 12.3. The Bertz CT molecular complexity index is 705. The van der Waals surface area contributed by atoms with E-state index in [4.69, 9.17) is 0 Å². The van der Waals surface area contributed by atoms with E-state index >= 15 is 0 Å². The molecular formula is C18H21ClN4O. The molecule has 126 valence electrons. The number of nitrogens with zero attached hydrogens (tertiary/aromatic N) is 2. The van der Waals surface area contributed by atoms with Crippen LogP contribution in [-0.2, 0) is 4.79 Å². The zero-order valence-electron chi connectivity index (χ0n) is 13.5. The number of nitrogens with one attached hydrogen (secondary N) is 2. The summed E-state index contributed by atoms with van der Waals surface area (Å²) in [5.74, 6) is -0.0486. The summed E-state index contributed by atoms with van der Waals surface area (Å²) in [7, 11) is 0. The van der Waals surface area contributed by atoms with Crippen LogP contribution >= 0.6 is 12.4 Å². The van der Waals surface area contributed by atoms with Crippen molar-refractivity contribution in [3.8, 4) is 0 Å². The van der Waals surface area contributed by atoms with Gasteiger partial charge in [-0.2, -0.15) is 0 Å². The minimum Gasteiger partial charge on any atom is -0.354 e. The van der Waals surface area contributed by atoms with Crippen molar-refractivity contribution in [3.63, 3.8) is 0 Å². The number of halogens is 1. The SMILES string of the molecule is CC1CN=CN1CC(=O)Nc1ccccc1Nc1ccccc1.Cl. The fourth-order valence-electron chi connectivity index (χ4n) is 2.45. The quantitative estimate of drug-likeness (QED) is 0.872. The highest BCUT2D eigenvalue weighted by atomic mass is 35.5. The van der Waals surface area contributed by atoms with Crippen LogP contribution in [0.25, 0.3) is 0 Å². The molecule has 0 radical (unpaired) electrons. The second kappa shape index (κ2) is 8.36. The Hall–Kier alpha value is -2.53. The topological polar surface area (TPSA) is 56.7 Å². The molecule has 0 saturated carbocycles.